The molecule has 2 heterocycles. The molecule has 5 N–H and O–H groups in total. The van der Waals surface area contributed by atoms with Gasteiger partial charge in [0.25, 0.3) is 0 Å². The SMILES string of the molecule is CCC1O[C@H](O[C@@H]2C(O)C(O[C@H]3OC(CNC(=O)OC(C)(C)C)CCC3NC(=O)OC(C)(C)C)[C@@H](NC(=O)OC(C)(C)C)C[C@H]2C)C(OC(C)=O)[C@@H](NC(=O)OC(C)(C)C)[C@H]1OC(C)=O. The highest BCUT2D eigenvalue weighted by Crippen LogP contribution is 2.37. The second-order valence-electron chi connectivity index (χ2n) is 20.8. The summed E-state index contributed by atoms with van der Waals surface area (Å²) in [6, 6.07) is -3.06. The Morgan fingerprint density at radius 3 is 1.54 bits per heavy atom. The van der Waals surface area contributed by atoms with E-state index in [0.29, 0.717) is 6.42 Å². The summed E-state index contributed by atoms with van der Waals surface area (Å²) in [6.07, 6.45) is -13.2. The first kappa shape index (κ1) is 55.1. The van der Waals surface area contributed by atoms with Crippen molar-refractivity contribution in [3.63, 3.8) is 0 Å². The summed E-state index contributed by atoms with van der Waals surface area (Å²) >= 11 is 0. The first-order chi connectivity index (χ1) is 29.7. The van der Waals surface area contributed by atoms with Crippen LogP contribution in [0.3, 0.4) is 0 Å². The minimum absolute atomic E-state index is 0.00545. The molecular formula is C44H76N4O17. The Hall–Kier alpha value is -4.18. The Morgan fingerprint density at radius 1 is 0.585 bits per heavy atom. The Labute approximate surface area is 383 Å². The molecular weight excluding hydrogens is 856 g/mol. The molecule has 0 radical (unpaired) electrons. The van der Waals surface area contributed by atoms with Crippen LogP contribution >= 0.6 is 0 Å². The largest absolute Gasteiger partial charge is 0.457 e. The van der Waals surface area contributed by atoms with E-state index < -0.39 is 138 Å². The van der Waals surface area contributed by atoms with Crippen molar-refractivity contribution in [2.45, 2.75) is 232 Å². The van der Waals surface area contributed by atoms with Crippen molar-refractivity contribution in [3.05, 3.63) is 0 Å². The van der Waals surface area contributed by atoms with Crippen molar-refractivity contribution in [3.8, 4) is 0 Å². The molecule has 0 aromatic carbocycles. The summed E-state index contributed by atoms with van der Waals surface area (Å²) in [5.74, 6) is -2.06. The minimum atomic E-state index is -1.60. The van der Waals surface area contributed by atoms with Crippen LogP contribution in [-0.4, -0.2) is 144 Å². The van der Waals surface area contributed by atoms with Gasteiger partial charge in [-0.1, -0.05) is 13.8 Å². The molecule has 65 heavy (non-hydrogen) atoms. The van der Waals surface area contributed by atoms with E-state index in [1.807, 2.05) is 0 Å². The van der Waals surface area contributed by atoms with E-state index in [0.717, 1.165) is 6.92 Å². The summed E-state index contributed by atoms with van der Waals surface area (Å²) < 4.78 is 59.4. The standard InChI is InChI=1S/C44H76N4O17/c1-17-28-33(56-23(3)49)29(48-40(55)65-44(14,15)16)34(57-24(4)50)36(59-28)60-31-22(2)20-27(47-39(54)64-43(11,12)13)32(30(31)51)61-35-26(46-38(53)63-42(8,9)10)19-18-25(58-35)21-45-37(52)62-41(5,6)7/h22,25-36,51H,17-21H2,1-16H3,(H,45,52)(H,46,53)(H,47,54)(H,48,55)/t22-,25?,26?,27+,28?,29+,30?,31+,32?,33+,34?,35-,36-/m1/s1. The Bertz CT molecular complexity index is 1640. The van der Waals surface area contributed by atoms with Crippen LogP contribution in [0.4, 0.5) is 19.2 Å². The molecule has 21 heteroatoms. The number of alkyl carbamates (subject to hydrolysis) is 4. The molecule has 1 aliphatic carbocycles. The second-order valence-corrected chi connectivity index (χ2v) is 20.8. The number of ether oxygens (including phenoxy) is 10. The monoisotopic (exact) mass is 933 g/mol. The van der Waals surface area contributed by atoms with Crippen LogP contribution in [0.15, 0.2) is 0 Å². The number of esters is 2. The lowest BCUT2D eigenvalue weighted by atomic mass is 9.80. The van der Waals surface area contributed by atoms with Crippen LogP contribution in [0.2, 0.25) is 0 Å². The molecule has 6 unspecified atom stereocenters. The van der Waals surface area contributed by atoms with E-state index in [4.69, 9.17) is 47.4 Å². The maximum Gasteiger partial charge on any atom is 0.408 e. The lowest BCUT2D eigenvalue weighted by molar-refractivity contribution is -0.319. The molecule has 21 nitrogen and oxygen atoms in total. The highest BCUT2D eigenvalue weighted by molar-refractivity contribution is 5.70. The van der Waals surface area contributed by atoms with E-state index in [2.05, 4.69) is 21.3 Å². The third-order valence-corrected chi connectivity index (χ3v) is 9.91. The van der Waals surface area contributed by atoms with E-state index in [1.54, 1.807) is 96.9 Å². The van der Waals surface area contributed by atoms with Crippen LogP contribution in [0.5, 0.6) is 0 Å². The third-order valence-electron chi connectivity index (χ3n) is 9.91. The zero-order chi connectivity index (χ0) is 49.4. The fraction of sp³-hybridized carbons (Fsp3) is 0.864. The van der Waals surface area contributed by atoms with E-state index >= 15 is 0 Å². The van der Waals surface area contributed by atoms with Gasteiger partial charge in [0.05, 0.1) is 30.4 Å². The summed E-state index contributed by atoms with van der Waals surface area (Å²) in [5, 5.41) is 23.5. The van der Waals surface area contributed by atoms with Gasteiger partial charge in [0, 0.05) is 20.4 Å². The second kappa shape index (κ2) is 22.5. The quantitative estimate of drug-likeness (QED) is 0.129. The summed E-state index contributed by atoms with van der Waals surface area (Å²) in [4.78, 5) is 77.5. The molecule has 13 atom stereocenters. The first-order valence-electron chi connectivity index (χ1n) is 22.3. The van der Waals surface area contributed by atoms with E-state index in [-0.39, 0.29) is 25.8 Å². The summed E-state index contributed by atoms with van der Waals surface area (Å²) in [5.41, 5.74) is -3.42. The molecule has 3 rings (SSSR count). The Balaban J connectivity index is 2.07. The molecule has 0 spiro atoms. The van der Waals surface area contributed by atoms with Crippen molar-refractivity contribution < 1.29 is 81.2 Å². The number of carbonyl (C=O) groups excluding carboxylic acids is 6. The molecule has 4 amide bonds. The number of amides is 4. The molecule has 374 valence electrons. The summed E-state index contributed by atoms with van der Waals surface area (Å²) in [6.45, 7) is 26.2. The number of rotatable bonds is 12. The molecule has 0 aromatic rings. The minimum Gasteiger partial charge on any atom is -0.457 e. The molecule has 1 saturated carbocycles. The van der Waals surface area contributed by atoms with Crippen LogP contribution in [0, 0.1) is 5.92 Å². The highest BCUT2D eigenvalue weighted by Gasteiger charge is 2.54. The molecule has 3 fully saturated rings. The van der Waals surface area contributed by atoms with E-state index in [9.17, 15) is 33.9 Å². The molecule has 2 saturated heterocycles. The highest BCUT2D eigenvalue weighted by atomic mass is 16.7. The fourth-order valence-electron chi connectivity index (χ4n) is 7.59. The van der Waals surface area contributed by atoms with Gasteiger partial charge in [-0.25, -0.2) is 19.2 Å². The van der Waals surface area contributed by atoms with Gasteiger partial charge in [-0.3, -0.25) is 9.59 Å². The maximum absolute atomic E-state index is 13.3. The van der Waals surface area contributed by atoms with Gasteiger partial charge in [-0.15, -0.1) is 0 Å². The van der Waals surface area contributed by atoms with Gasteiger partial charge in [0.1, 0.15) is 40.7 Å². The van der Waals surface area contributed by atoms with Crippen molar-refractivity contribution >= 4 is 36.3 Å². The van der Waals surface area contributed by atoms with E-state index in [1.165, 1.54) is 6.92 Å². The molecule has 0 bridgehead atoms. The lowest BCUT2D eigenvalue weighted by Crippen LogP contribution is -2.68. The first-order valence-corrected chi connectivity index (χ1v) is 22.3. The number of nitrogens with one attached hydrogen (secondary N) is 4. The van der Waals surface area contributed by atoms with Gasteiger partial charge < -0.3 is 73.7 Å². The average molecular weight is 933 g/mol. The zero-order valence-electron chi connectivity index (χ0n) is 41.0. The number of aliphatic hydroxyl groups is 1. The van der Waals surface area contributed by atoms with Crippen LogP contribution in [0.1, 0.15) is 136 Å². The Morgan fingerprint density at radius 2 is 1.05 bits per heavy atom. The van der Waals surface area contributed by atoms with Crippen LogP contribution in [-0.2, 0) is 57.0 Å². The fourth-order valence-corrected chi connectivity index (χ4v) is 7.59. The zero-order valence-corrected chi connectivity index (χ0v) is 41.0. The van der Waals surface area contributed by atoms with Crippen molar-refractivity contribution in [1.82, 2.24) is 21.3 Å². The number of aliphatic hydroxyl groups excluding tert-OH is 1. The summed E-state index contributed by atoms with van der Waals surface area (Å²) in [7, 11) is 0. The van der Waals surface area contributed by atoms with Crippen molar-refractivity contribution in [2.24, 2.45) is 5.92 Å². The van der Waals surface area contributed by atoms with Crippen LogP contribution < -0.4 is 21.3 Å². The predicted octanol–water partition coefficient (Wildman–Crippen LogP) is 4.87. The number of hydrogen-bond acceptors (Lipinski definition) is 17. The molecule has 3 aliphatic rings. The average Bonchev–Trinajstić information content (AvgIpc) is 3.10. The van der Waals surface area contributed by atoms with Gasteiger partial charge in [0.2, 0.25) is 0 Å². The van der Waals surface area contributed by atoms with Crippen molar-refractivity contribution in [2.75, 3.05) is 6.54 Å². The topological polar surface area (TPSA) is 263 Å². The van der Waals surface area contributed by atoms with Gasteiger partial charge >= 0.3 is 36.3 Å². The molecule has 2 aliphatic heterocycles. The Kier molecular flexibility index (Phi) is 19.1. The molecule has 0 aromatic heterocycles. The number of carbonyl (C=O) groups is 6. The van der Waals surface area contributed by atoms with Crippen LogP contribution in [0.25, 0.3) is 0 Å². The maximum atomic E-state index is 13.3. The number of hydrogen-bond donors (Lipinski definition) is 5. The van der Waals surface area contributed by atoms with Gasteiger partial charge in [-0.05, 0) is 115 Å². The van der Waals surface area contributed by atoms with Crippen molar-refractivity contribution in [1.29, 1.82) is 0 Å². The third kappa shape index (κ3) is 18.6. The normalized spacial score (nSPS) is 31.0. The van der Waals surface area contributed by atoms with Gasteiger partial charge in [-0.2, -0.15) is 0 Å². The van der Waals surface area contributed by atoms with Gasteiger partial charge in [0.15, 0.2) is 24.8 Å². The lowest BCUT2D eigenvalue weighted by Gasteiger charge is -2.49. The smallest absolute Gasteiger partial charge is 0.408 e. The predicted molar refractivity (Wildman–Crippen MR) is 231 cm³/mol.